The Hall–Kier alpha value is -0.0800. The van der Waals surface area contributed by atoms with Gasteiger partial charge in [-0.15, -0.1) is 0 Å². The molecule has 0 bridgehead atoms. The van der Waals surface area contributed by atoms with Gasteiger partial charge >= 0.3 is 0 Å². The average Bonchev–Trinajstić information content (AvgIpc) is 1.98. The topological polar surface area (TPSA) is 15.3 Å². The van der Waals surface area contributed by atoms with Crippen LogP contribution in [0.15, 0.2) is 0 Å². The highest BCUT2D eigenvalue weighted by molar-refractivity contribution is 4.78. The van der Waals surface area contributed by atoms with Crippen LogP contribution in [0.3, 0.4) is 0 Å². The Balaban J connectivity index is 2.30. The smallest absolute Gasteiger partial charge is 0.0169 e. The summed E-state index contributed by atoms with van der Waals surface area (Å²) in [5, 5.41) is 3.58. The lowest BCUT2D eigenvalue weighted by atomic mass is 9.92. The molecule has 0 amide bonds. The molecule has 0 aliphatic carbocycles. The molecule has 15 heavy (non-hydrogen) atoms. The van der Waals surface area contributed by atoms with Crippen LogP contribution in [0.1, 0.15) is 41.0 Å². The number of likely N-dealkylation sites (tertiary alicyclic amines) is 1. The number of hydrogen-bond acceptors (Lipinski definition) is 2. The number of rotatable bonds is 4. The van der Waals surface area contributed by atoms with E-state index in [1.807, 2.05) is 0 Å². The average molecular weight is 212 g/mol. The van der Waals surface area contributed by atoms with Crippen LogP contribution in [0.25, 0.3) is 0 Å². The molecule has 1 saturated heterocycles. The Morgan fingerprint density at radius 3 is 2.13 bits per heavy atom. The molecule has 2 nitrogen and oxygen atoms in total. The van der Waals surface area contributed by atoms with Crippen LogP contribution in [-0.4, -0.2) is 36.6 Å². The molecular formula is C13H28N2. The molecule has 1 N–H and O–H groups in total. The summed E-state index contributed by atoms with van der Waals surface area (Å²) in [4.78, 5) is 2.62. The summed E-state index contributed by atoms with van der Waals surface area (Å²) in [6, 6.07) is 1.21. The predicted octanol–water partition coefficient (Wildman–Crippen LogP) is 2.35. The summed E-state index contributed by atoms with van der Waals surface area (Å²) in [5.74, 6) is 1.75. The molecule has 3 atom stereocenters. The van der Waals surface area contributed by atoms with E-state index in [-0.39, 0.29) is 0 Å². The normalized spacial score (nSPS) is 30.8. The minimum atomic E-state index is 0.597. The van der Waals surface area contributed by atoms with E-state index in [1.165, 1.54) is 26.1 Å². The molecule has 2 heteroatoms. The van der Waals surface area contributed by atoms with Crippen LogP contribution in [-0.2, 0) is 0 Å². The lowest BCUT2D eigenvalue weighted by molar-refractivity contribution is 0.129. The number of piperidine rings is 1. The van der Waals surface area contributed by atoms with E-state index in [9.17, 15) is 0 Å². The SMILES string of the molecule is CC1CC(C)CN(CC(C)NC(C)C)C1. The van der Waals surface area contributed by atoms with Crippen molar-refractivity contribution >= 4 is 0 Å². The Kier molecular flexibility index (Phi) is 5.07. The van der Waals surface area contributed by atoms with Crippen LogP contribution in [0.4, 0.5) is 0 Å². The van der Waals surface area contributed by atoms with Crippen molar-refractivity contribution in [2.75, 3.05) is 19.6 Å². The van der Waals surface area contributed by atoms with Gasteiger partial charge in [0.05, 0.1) is 0 Å². The molecule has 1 aliphatic heterocycles. The maximum atomic E-state index is 3.58. The highest BCUT2D eigenvalue weighted by atomic mass is 15.2. The fourth-order valence-electron chi connectivity index (χ4n) is 2.95. The van der Waals surface area contributed by atoms with E-state index in [0.717, 1.165) is 11.8 Å². The van der Waals surface area contributed by atoms with Gasteiger partial charge in [-0.05, 0) is 25.2 Å². The van der Waals surface area contributed by atoms with Gasteiger partial charge in [-0.25, -0.2) is 0 Å². The molecule has 1 fully saturated rings. The summed E-state index contributed by atoms with van der Waals surface area (Å²) in [5.41, 5.74) is 0. The van der Waals surface area contributed by atoms with Crippen LogP contribution in [0, 0.1) is 11.8 Å². The predicted molar refractivity (Wildman–Crippen MR) is 67.1 cm³/mol. The molecule has 0 saturated carbocycles. The van der Waals surface area contributed by atoms with Crippen molar-refractivity contribution in [2.24, 2.45) is 11.8 Å². The summed E-state index contributed by atoms with van der Waals surface area (Å²) < 4.78 is 0. The second-order valence-electron chi connectivity index (χ2n) is 5.89. The molecular weight excluding hydrogens is 184 g/mol. The van der Waals surface area contributed by atoms with Crippen LogP contribution >= 0.6 is 0 Å². The van der Waals surface area contributed by atoms with Gasteiger partial charge in [0.2, 0.25) is 0 Å². The fourth-order valence-corrected chi connectivity index (χ4v) is 2.95. The van der Waals surface area contributed by atoms with Gasteiger partial charge in [-0.3, -0.25) is 0 Å². The quantitative estimate of drug-likeness (QED) is 0.769. The molecule has 0 aromatic carbocycles. The van der Waals surface area contributed by atoms with E-state index >= 15 is 0 Å². The third-order valence-corrected chi connectivity index (χ3v) is 3.09. The summed E-state index contributed by atoms with van der Waals surface area (Å²) in [6.07, 6.45) is 1.41. The van der Waals surface area contributed by atoms with Crippen LogP contribution < -0.4 is 5.32 Å². The van der Waals surface area contributed by atoms with Crippen molar-refractivity contribution in [3.05, 3.63) is 0 Å². The Bertz CT molecular complexity index is 169. The van der Waals surface area contributed by atoms with Gasteiger partial charge < -0.3 is 10.2 Å². The first kappa shape index (κ1) is 13.0. The van der Waals surface area contributed by atoms with Crippen molar-refractivity contribution in [1.29, 1.82) is 0 Å². The molecule has 1 rings (SSSR count). The molecule has 1 heterocycles. The highest BCUT2D eigenvalue weighted by Crippen LogP contribution is 2.20. The van der Waals surface area contributed by atoms with Gasteiger partial charge in [0.15, 0.2) is 0 Å². The van der Waals surface area contributed by atoms with E-state index in [1.54, 1.807) is 0 Å². The number of nitrogens with zero attached hydrogens (tertiary/aromatic N) is 1. The van der Waals surface area contributed by atoms with Gasteiger partial charge in [0, 0.05) is 31.7 Å². The standard InChI is InChI=1S/C13H28N2/c1-10(2)14-13(5)9-15-7-11(3)6-12(4)8-15/h10-14H,6-9H2,1-5H3. The second kappa shape index (κ2) is 5.86. The monoisotopic (exact) mass is 212 g/mol. The van der Waals surface area contributed by atoms with Gasteiger partial charge in [0.25, 0.3) is 0 Å². The van der Waals surface area contributed by atoms with Crippen LogP contribution in [0.5, 0.6) is 0 Å². The summed E-state index contributed by atoms with van der Waals surface area (Å²) in [7, 11) is 0. The molecule has 0 radical (unpaired) electrons. The summed E-state index contributed by atoms with van der Waals surface area (Å²) >= 11 is 0. The van der Waals surface area contributed by atoms with Gasteiger partial charge in [-0.2, -0.15) is 0 Å². The van der Waals surface area contributed by atoms with Crippen molar-refractivity contribution in [3.8, 4) is 0 Å². The second-order valence-corrected chi connectivity index (χ2v) is 5.89. The lowest BCUT2D eigenvalue weighted by Gasteiger charge is -2.36. The van der Waals surface area contributed by atoms with Crippen LogP contribution in [0.2, 0.25) is 0 Å². The third kappa shape index (κ3) is 4.98. The maximum Gasteiger partial charge on any atom is 0.0169 e. The number of nitrogens with one attached hydrogen (secondary N) is 1. The zero-order valence-corrected chi connectivity index (χ0v) is 11.1. The molecule has 0 spiro atoms. The molecule has 3 unspecified atom stereocenters. The van der Waals surface area contributed by atoms with E-state index in [4.69, 9.17) is 0 Å². The molecule has 0 aromatic heterocycles. The Labute approximate surface area is 95.4 Å². The first-order valence-electron chi connectivity index (χ1n) is 6.45. The summed E-state index contributed by atoms with van der Waals surface area (Å²) in [6.45, 7) is 15.3. The minimum absolute atomic E-state index is 0.597. The Morgan fingerprint density at radius 1 is 1.13 bits per heavy atom. The lowest BCUT2D eigenvalue weighted by Crippen LogP contribution is -2.47. The zero-order valence-electron chi connectivity index (χ0n) is 11.1. The fraction of sp³-hybridized carbons (Fsp3) is 1.00. The third-order valence-electron chi connectivity index (χ3n) is 3.09. The number of hydrogen-bond donors (Lipinski definition) is 1. The van der Waals surface area contributed by atoms with E-state index in [0.29, 0.717) is 12.1 Å². The van der Waals surface area contributed by atoms with Crippen molar-refractivity contribution < 1.29 is 0 Å². The van der Waals surface area contributed by atoms with Gasteiger partial charge in [-0.1, -0.05) is 27.7 Å². The van der Waals surface area contributed by atoms with Gasteiger partial charge in [0.1, 0.15) is 0 Å². The maximum absolute atomic E-state index is 3.58. The minimum Gasteiger partial charge on any atom is -0.311 e. The largest absolute Gasteiger partial charge is 0.311 e. The molecule has 1 aliphatic rings. The molecule has 0 aromatic rings. The first-order valence-corrected chi connectivity index (χ1v) is 6.45. The van der Waals surface area contributed by atoms with Crippen molar-refractivity contribution in [1.82, 2.24) is 10.2 Å². The zero-order chi connectivity index (χ0) is 11.4. The van der Waals surface area contributed by atoms with E-state index in [2.05, 4.69) is 44.8 Å². The first-order chi connectivity index (χ1) is 6.97. The van der Waals surface area contributed by atoms with Crippen molar-refractivity contribution in [2.45, 2.75) is 53.1 Å². The molecule has 90 valence electrons. The Morgan fingerprint density at radius 2 is 1.67 bits per heavy atom. The van der Waals surface area contributed by atoms with E-state index < -0.39 is 0 Å². The highest BCUT2D eigenvalue weighted by Gasteiger charge is 2.22. The van der Waals surface area contributed by atoms with Crippen molar-refractivity contribution in [3.63, 3.8) is 0 Å².